The fourth-order valence-electron chi connectivity index (χ4n) is 5.86. The van der Waals surface area contributed by atoms with Gasteiger partial charge in [0.15, 0.2) is 0 Å². The molecule has 4 heteroatoms. The topological polar surface area (TPSA) is 40.2 Å². The quantitative estimate of drug-likeness (QED) is 0.795. The van der Waals surface area contributed by atoms with E-state index in [1.165, 1.54) is 68.3 Å². The van der Waals surface area contributed by atoms with Crippen molar-refractivity contribution in [1.29, 1.82) is 0 Å². The number of aromatic nitrogens is 1. The number of rotatable bonds is 5. The summed E-state index contributed by atoms with van der Waals surface area (Å²) in [6, 6.07) is 12.9. The molecule has 2 aromatic rings. The molecule has 1 aliphatic carbocycles. The predicted octanol–water partition coefficient (Wildman–Crippen LogP) is 3.79. The second kappa shape index (κ2) is 9.17. The maximum Gasteiger partial charge on any atom is 0.0607 e. The lowest BCUT2D eigenvalue weighted by atomic mass is 9.86. The molecule has 0 saturated carbocycles. The minimum absolute atomic E-state index is 0.458. The van der Waals surface area contributed by atoms with Gasteiger partial charge in [-0.3, -0.25) is 9.88 Å². The second-order valence-corrected chi connectivity index (χ2v) is 9.58. The number of hydrogen-bond acceptors (Lipinski definition) is 4. The molecule has 4 nitrogen and oxygen atoms in total. The van der Waals surface area contributed by atoms with Crippen molar-refractivity contribution < 1.29 is 0 Å². The SMILES string of the molecule is CN(C[C@@H]1Cc2c(cccc2CC2CCCCN2)CN1)[C@H]1CCCc2cccnc21. The molecule has 3 aliphatic rings. The van der Waals surface area contributed by atoms with Gasteiger partial charge in [0.05, 0.1) is 11.7 Å². The van der Waals surface area contributed by atoms with Crippen molar-refractivity contribution in [3.63, 3.8) is 0 Å². The number of hydrogen-bond donors (Lipinski definition) is 2. The standard InChI is InChI=1S/C26H36N4/c1-30(25-12-5-7-19-10-6-14-28-26(19)25)18-23-16-24-20(8-4-9-21(24)17-29-23)15-22-11-2-3-13-27-22/h4,6,8-10,14,22-23,25,27,29H,2-3,5,7,11-13,15-18H2,1H3/t22?,23-,25-/m0/s1. The molecule has 0 amide bonds. The van der Waals surface area contributed by atoms with E-state index in [4.69, 9.17) is 4.98 Å². The number of nitrogens with zero attached hydrogens (tertiary/aromatic N) is 2. The number of nitrogens with one attached hydrogen (secondary N) is 2. The molecule has 2 N–H and O–H groups in total. The number of pyridine rings is 1. The summed E-state index contributed by atoms with van der Waals surface area (Å²) in [6.45, 7) is 3.26. The fourth-order valence-corrected chi connectivity index (χ4v) is 5.86. The Morgan fingerprint density at radius 3 is 2.83 bits per heavy atom. The average molecular weight is 405 g/mol. The molecule has 160 valence electrons. The van der Waals surface area contributed by atoms with E-state index in [0.717, 1.165) is 19.5 Å². The van der Waals surface area contributed by atoms with Gasteiger partial charge < -0.3 is 10.6 Å². The largest absolute Gasteiger partial charge is 0.314 e. The highest BCUT2D eigenvalue weighted by Gasteiger charge is 2.28. The normalized spacial score (nSPS) is 26.3. The molecule has 1 aromatic heterocycles. The van der Waals surface area contributed by atoms with Crippen molar-refractivity contribution >= 4 is 0 Å². The van der Waals surface area contributed by atoms with E-state index in [2.05, 4.69) is 52.9 Å². The summed E-state index contributed by atoms with van der Waals surface area (Å²) in [5.74, 6) is 0. The van der Waals surface area contributed by atoms with Crippen molar-refractivity contribution in [1.82, 2.24) is 20.5 Å². The number of benzene rings is 1. The van der Waals surface area contributed by atoms with E-state index in [0.29, 0.717) is 18.1 Å². The Balaban J connectivity index is 1.28. The predicted molar refractivity (Wildman–Crippen MR) is 123 cm³/mol. The van der Waals surface area contributed by atoms with E-state index in [9.17, 15) is 0 Å². The molecule has 3 heterocycles. The molecule has 0 radical (unpaired) electrons. The monoisotopic (exact) mass is 404 g/mol. The van der Waals surface area contributed by atoms with E-state index in [-0.39, 0.29) is 0 Å². The highest BCUT2D eigenvalue weighted by molar-refractivity contribution is 5.38. The first-order valence-electron chi connectivity index (χ1n) is 12.0. The van der Waals surface area contributed by atoms with Crippen LogP contribution in [0.4, 0.5) is 0 Å². The van der Waals surface area contributed by atoms with Crippen molar-refractivity contribution in [3.05, 3.63) is 64.5 Å². The molecule has 1 unspecified atom stereocenters. The van der Waals surface area contributed by atoms with E-state index >= 15 is 0 Å². The summed E-state index contributed by atoms with van der Waals surface area (Å²) < 4.78 is 0. The van der Waals surface area contributed by atoms with Gasteiger partial charge in [-0.15, -0.1) is 0 Å². The molecule has 0 spiro atoms. The molecule has 0 bridgehead atoms. The zero-order valence-corrected chi connectivity index (χ0v) is 18.4. The van der Waals surface area contributed by atoms with Crippen LogP contribution in [-0.2, 0) is 25.8 Å². The van der Waals surface area contributed by atoms with Gasteiger partial charge in [0, 0.05) is 31.4 Å². The third-order valence-electron chi connectivity index (χ3n) is 7.49. The fraction of sp³-hybridized carbons (Fsp3) is 0.577. The van der Waals surface area contributed by atoms with Crippen LogP contribution in [-0.4, -0.2) is 42.1 Å². The van der Waals surface area contributed by atoms with Crippen molar-refractivity contribution in [3.8, 4) is 0 Å². The first kappa shape index (κ1) is 20.2. The van der Waals surface area contributed by atoms with Crippen LogP contribution in [0.25, 0.3) is 0 Å². The van der Waals surface area contributed by atoms with Crippen LogP contribution in [0.1, 0.15) is 66.1 Å². The summed E-state index contributed by atoms with van der Waals surface area (Å²) in [5, 5.41) is 7.56. The summed E-state index contributed by atoms with van der Waals surface area (Å²) in [5.41, 5.74) is 7.46. The number of likely N-dealkylation sites (N-methyl/N-ethyl adjacent to an activating group) is 1. The molecule has 1 saturated heterocycles. The zero-order chi connectivity index (χ0) is 20.3. The van der Waals surface area contributed by atoms with Crippen molar-refractivity contribution in [2.24, 2.45) is 0 Å². The van der Waals surface area contributed by atoms with Gasteiger partial charge in [-0.1, -0.05) is 30.7 Å². The average Bonchev–Trinajstić information content (AvgIpc) is 2.80. The lowest BCUT2D eigenvalue weighted by Crippen LogP contribution is -2.45. The Morgan fingerprint density at radius 2 is 1.93 bits per heavy atom. The van der Waals surface area contributed by atoms with Crippen LogP contribution in [0.3, 0.4) is 0 Å². The van der Waals surface area contributed by atoms with Crippen molar-refractivity contribution in [2.75, 3.05) is 20.1 Å². The maximum atomic E-state index is 4.76. The second-order valence-electron chi connectivity index (χ2n) is 9.58. The van der Waals surface area contributed by atoms with Crippen LogP contribution >= 0.6 is 0 Å². The van der Waals surface area contributed by atoms with Gasteiger partial charge in [0.2, 0.25) is 0 Å². The van der Waals surface area contributed by atoms with Crippen molar-refractivity contribution in [2.45, 2.75) is 76.0 Å². The molecule has 1 aromatic carbocycles. The zero-order valence-electron chi connectivity index (χ0n) is 18.4. The Morgan fingerprint density at radius 1 is 1.00 bits per heavy atom. The molecule has 2 aliphatic heterocycles. The summed E-state index contributed by atoms with van der Waals surface area (Å²) >= 11 is 0. The molecule has 30 heavy (non-hydrogen) atoms. The number of aryl methyl sites for hydroxylation is 1. The summed E-state index contributed by atoms with van der Waals surface area (Å²) in [4.78, 5) is 7.32. The Labute approximate surface area is 181 Å². The van der Waals surface area contributed by atoms with Crippen LogP contribution in [0.5, 0.6) is 0 Å². The Hall–Kier alpha value is -1.75. The number of fused-ring (bicyclic) bond motifs is 2. The first-order chi connectivity index (χ1) is 14.8. The smallest absolute Gasteiger partial charge is 0.0607 e. The van der Waals surface area contributed by atoms with E-state index in [1.807, 2.05) is 6.20 Å². The third kappa shape index (κ3) is 4.32. The first-order valence-corrected chi connectivity index (χ1v) is 12.0. The number of piperidine rings is 1. The van der Waals surface area contributed by atoms with Gasteiger partial charge >= 0.3 is 0 Å². The lowest BCUT2D eigenvalue weighted by Gasteiger charge is -2.37. The minimum Gasteiger partial charge on any atom is -0.314 e. The highest BCUT2D eigenvalue weighted by atomic mass is 15.2. The van der Waals surface area contributed by atoms with Crippen LogP contribution < -0.4 is 10.6 Å². The molecule has 1 fully saturated rings. The van der Waals surface area contributed by atoms with Crippen LogP contribution in [0, 0.1) is 0 Å². The van der Waals surface area contributed by atoms with Gasteiger partial charge in [-0.25, -0.2) is 0 Å². The molecule has 5 rings (SSSR count). The molecule has 3 atom stereocenters. The minimum atomic E-state index is 0.458. The van der Waals surface area contributed by atoms with Gasteiger partial charge in [-0.05, 0) is 86.9 Å². The van der Waals surface area contributed by atoms with Crippen LogP contribution in [0.2, 0.25) is 0 Å². The third-order valence-corrected chi connectivity index (χ3v) is 7.49. The summed E-state index contributed by atoms with van der Waals surface area (Å²) in [7, 11) is 2.30. The van der Waals surface area contributed by atoms with E-state index < -0.39 is 0 Å². The summed E-state index contributed by atoms with van der Waals surface area (Å²) in [6.07, 6.45) is 12.0. The van der Waals surface area contributed by atoms with Crippen LogP contribution in [0.15, 0.2) is 36.5 Å². The molecular weight excluding hydrogens is 368 g/mol. The maximum absolute atomic E-state index is 4.76. The lowest BCUT2D eigenvalue weighted by molar-refractivity contribution is 0.190. The van der Waals surface area contributed by atoms with Gasteiger partial charge in [-0.2, -0.15) is 0 Å². The molecular formula is C26H36N4. The Bertz CT molecular complexity index is 858. The van der Waals surface area contributed by atoms with E-state index in [1.54, 1.807) is 11.1 Å². The highest BCUT2D eigenvalue weighted by Crippen LogP contribution is 2.32. The van der Waals surface area contributed by atoms with Gasteiger partial charge in [0.25, 0.3) is 0 Å². The van der Waals surface area contributed by atoms with Gasteiger partial charge in [0.1, 0.15) is 0 Å². The Kier molecular flexibility index (Phi) is 6.17.